The third-order valence-electron chi connectivity index (χ3n) is 2.82. The molecule has 0 unspecified atom stereocenters. The number of phenolic OH excluding ortho intramolecular Hbond substituents is 1. The summed E-state index contributed by atoms with van der Waals surface area (Å²) < 4.78 is 0. The summed E-state index contributed by atoms with van der Waals surface area (Å²) in [5.41, 5.74) is 3.44. The summed E-state index contributed by atoms with van der Waals surface area (Å²) in [4.78, 5) is 3.25. The van der Waals surface area contributed by atoms with E-state index in [9.17, 15) is 5.11 Å². The number of halogens is 2. The molecular weight excluding hydrogens is 363 g/mol. The average Bonchev–Trinajstić information content (AvgIpc) is 3.02. The Morgan fingerprint density at radius 1 is 0.957 bits per heavy atom. The molecule has 0 fully saturated rings. The molecule has 3 rings (SSSR count). The third-order valence-corrected chi connectivity index (χ3v) is 2.82. The van der Waals surface area contributed by atoms with Crippen molar-refractivity contribution in [2.24, 2.45) is 0 Å². The van der Waals surface area contributed by atoms with Gasteiger partial charge in [-0.1, -0.05) is 49.4 Å². The summed E-state index contributed by atoms with van der Waals surface area (Å²) in [7, 11) is 0. The van der Waals surface area contributed by atoms with Crippen LogP contribution in [-0.4, -0.2) is 9.92 Å². The fourth-order valence-electron chi connectivity index (χ4n) is 1.83. The van der Waals surface area contributed by atoms with Crippen molar-refractivity contribution in [3.63, 3.8) is 0 Å². The van der Waals surface area contributed by atoms with Gasteiger partial charge in [0.25, 0.3) is 0 Å². The van der Waals surface area contributed by atoms with Crippen molar-refractivity contribution in [1.29, 1.82) is 0 Å². The fourth-order valence-corrected chi connectivity index (χ4v) is 1.83. The summed E-state index contributed by atoms with van der Waals surface area (Å²) in [6.45, 7) is 2.06. The molecule has 0 aliphatic heterocycles. The molecule has 4 heteroatoms. The van der Waals surface area contributed by atoms with E-state index in [0.717, 1.165) is 17.5 Å². The Morgan fingerprint density at radius 2 is 1.57 bits per heavy atom. The topological polar surface area (TPSA) is 20.2 Å². The molecule has 0 saturated heterocycles. The molecule has 0 saturated carbocycles. The molecule has 0 bridgehead atoms. The number of hydrogen-bond donors (Lipinski definition) is 1. The van der Waals surface area contributed by atoms with Gasteiger partial charge in [0.15, 0.2) is 0 Å². The summed E-state index contributed by atoms with van der Waals surface area (Å²) in [5.74, 6) is 0.307. The Hall–Kier alpha value is -1.12. The Labute approximate surface area is 162 Å². The number of hydrogen-bond acceptors (Lipinski definition) is 1. The van der Waals surface area contributed by atoms with Crippen molar-refractivity contribution in [2.75, 3.05) is 0 Å². The molecule has 2 aromatic carbocycles. The minimum absolute atomic E-state index is 0. The van der Waals surface area contributed by atoms with Gasteiger partial charge in [0.2, 0.25) is 0 Å². The number of benzene rings is 2. The second kappa shape index (κ2) is 14.5. The first-order chi connectivity index (χ1) is 10.3. The van der Waals surface area contributed by atoms with Crippen LogP contribution >= 0.6 is 24.8 Å². The van der Waals surface area contributed by atoms with E-state index in [1.807, 2.05) is 42.5 Å². The molecule has 121 valence electrons. The van der Waals surface area contributed by atoms with E-state index in [4.69, 9.17) is 0 Å². The molecule has 2 aromatic rings. The Kier molecular flexibility index (Phi) is 15.2. The van der Waals surface area contributed by atoms with Crippen LogP contribution in [0.1, 0.15) is 13.3 Å². The van der Waals surface area contributed by atoms with Gasteiger partial charge in [-0.2, -0.15) is 6.08 Å². The Bertz CT molecular complexity index is 607. The van der Waals surface area contributed by atoms with Gasteiger partial charge in [-0.05, 0) is 23.3 Å². The van der Waals surface area contributed by atoms with Crippen LogP contribution in [0, 0.1) is 6.08 Å². The number of rotatable bonds is 1. The van der Waals surface area contributed by atoms with Crippen molar-refractivity contribution >= 4 is 29.6 Å². The molecule has 1 N–H and O–H groups in total. The van der Waals surface area contributed by atoms with Crippen molar-refractivity contribution in [2.45, 2.75) is 13.3 Å². The molecule has 0 heterocycles. The molecule has 23 heavy (non-hydrogen) atoms. The van der Waals surface area contributed by atoms with Crippen LogP contribution in [-0.2, 0) is 20.0 Å². The maximum atomic E-state index is 9.27. The normalized spacial score (nSPS) is 10.7. The third kappa shape index (κ3) is 9.58. The predicted molar refractivity (Wildman–Crippen MR) is 101 cm³/mol. The van der Waals surface area contributed by atoms with Gasteiger partial charge in [-0.25, -0.2) is 11.6 Å². The van der Waals surface area contributed by atoms with Crippen LogP contribution in [0.5, 0.6) is 5.75 Å². The molecule has 0 amide bonds. The molecule has 0 radical (unpaired) electrons. The van der Waals surface area contributed by atoms with Crippen LogP contribution in [0.3, 0.4) is 0 Å². The van der Waals surface area contributed by atoms with E-state index in [-0.39, 0.29) is 24.8 Å². The fraction of sp³-hybridized carbons (Fsp3) is 0.105. The van der Waals surface area contributed by atoms with Crippen LogP contribution in [0.2, 0.25) is 0 Å². The van der Waals surface area contributed by atoms with E-state index in [1.54, 1.807) is 32.1 Å². The SMILES string of the molecule is CC1=[C-]CC=C1.Cl.Cl.Oc1cccc(-c2ccccc2)c1.[CH2]=[Ti+]. The van der Waals surface area contributed by atoms with Gasteiger partial charge in [0.05, 0.1) is 0 Å². The van der Waals surface area contributed by atoms with Gasteiger partial charge < -0.3 is 5.11 Å². The molecule has 1 nitrogen and oxygen atoms in total. The van der Waals surface area contributed by atoms with Crippen LogP contribution < -0.4 is 0 Å². The van der Waals surface area contributed by atoms with E-state index < -0.39 is 0 Å². The van der Waals surface area contributed by atoms with E-state index in [1.165, 1.54) is 5.57 Å². The second-order valence-electron chi connectivity index (χ2n) is 4.38. The summed E-state index contributed by atoms with van der Waals surface area (Å²) in [5, 5.41) is 9.27. The average molecular weight is 384 g/mol. The first-order valence-corrected chi connectivity index (χ1v) is 7.80. The Balaban J connectivity index is 0. The van der Waals surface area contributed by atoms with Crippen molar-refractivity contribution < 1.29 is 25.1 Å². The first-order valence-electron chi connectivity index (χ1n) is 6.69. The van der Waals surface area contributed by atoms with Gasteiger partial charge in [0, 0.05) is 0 Å². The molecular formula is C19H21Cl2OTi. The van der Waals surface area contributed by atoms with Crippen LogP contribution in [0.4, 0.5) is 0 Å². The molecule has 0 atom stereocenters. The summed E-state index contributed by atoms with van der Waals surface area (Å²) in [6.07, 6.45) is 8.33. The standard InChI is InChI=1S/C12H10O.C6H7.CH2.2ClH.Ti/c13-12-8-4-7-11(9-12)10-5-2-1-3-6-10;1-6-4-2-3-5-6;;;;/h1-9,13H;2,4H,3H2,1H3;1H2;2*1H;/q;-1;;;;+1. The van der Waals surface area contributed by atoms with Gasteiger partial charge in [-0.15, -0.1) is 31.2 Å². The number of allylic oxidation sites excluding steroid dienone is 4. The van der Waals surface area contributed by atoms with E-state index >= 15 is 0 Å². The van der Waals surface area contributed by atoms with Gasteiger partial charge in [0.1, 0.15) is 5.75 Å². The van der Waals surface area contributed by atoms with Crippen LogP contribution in [0.25, 0.3) is 11.1 Å². The zero-order valence-electron chi connectivity index (χ0n) is 13.0. The summed E-state index contributed by atoms with van der Waals surface area (Å²) in [6, 6.07) is 17.3. The molecule has 1 aliphatic carbocycles. The van der Waals surface area contributed by atoms with Crippen molar-refractivity contribution in [3.8, 4) is 16.9 Å². The predicted octanol–water partition coefficient (Wildman–Crippen LogP) is 5.56. The van der Waals surface area contributed by atoms with Crippen LogP contribution in [0.15, 0.2) is 72.3 Å². The molecule has 1 aliphatic rings. The monoisotopic (exact) mass is 383 g/mol. The number of aromatic hydroxyl groups is 1. The molecule has 0 spiro atoms. The van der Waals surface area contributed by atoms with E-state index in [2.05, 4.69) is 30.0 Å². The zero-order chi connectivity index (χ0) is 15.5. The zero-order valence-corrected chi connectivity index (χ0v) is 16.2. The minimum atomic E-state index is 0. The number of phenols is 1. The van der Waals surface area contributed by atoms with Crippen molar-refractivity contribution in [3.05, 3.63) is 78.4 Å². The van der Waals surface area contributed by atoms with Gasteiger partial charge in [-0.3, -0.25) is 6.08 Å². The van der Waals surface area contributed by atoms with E-state index in [0.29, 0.717) is 5.75 Å². The Morgan fingerprint density at radius 3 is 2.00 bits per heavy atom. The van der Waals surface area contributed by atoms with Gasteiger partial charge >= 0.3 is 24.8 Å². The second-order valence-corrected chi connectivity index (χ2v) is 4.38. The molecule has 0 aromatic heterocycles. The van der Waals surface area contributed by atoms with Crippen molar-refractivity contribution in [1.82, 2.24) is 0 Å². The maximum absolute atomic E-state index is 9.27. The summed E-state index contributed by atoms with van der Waals surface area (Å²) >= 11 is 1.75. The first kappa shape index (κ1) is 24.1. The quantitative estimate of drug-likeness (QED) is 0.504.